The van der Waals surface area contributed by atoms with Crippen LogP contribution in [0.3, 0.4) is 0 Å². The Morgan fingerprint density at radius 2 is 1.82 bits per heavy atom. The van der Waals surface area contributed by atoms with Crippen LogP contribution in [-0.4, -0.2) is 22.2 Å². The first-order chi connectivity index (χ1) is 8.06. The van der Waals surface area contributed by atoms with Crippen molar-refractivity contribution in [3.63, 3.8) is 0 Å². The van der Waals surface area contributed by atoms with Crippen LogP contribution in [0.4, 0.5) is 0 Å². The van der Waals surface area contributed by atoms with E-state index in [0.717, 1.165) is 0 Å². The third-order valence-corrected chi connectivity index (χ3v) is 2.45. The number of hydrogen-bond acceptors (Lipinski definition) is 2. The molecule has 0 saturated carbocycles. The summed E-state index contributed by atoms with van der Waals surface area (Å²) in [5.74, 6) is -3.28. The first-order valence-corrected chi connectivity index (χ1v) is 5.29. The summed E-state index contributed by atoms with van der Waals surface area (Å²) in [6.45, 7) is 1.65. The van der Waals surface area contributed by atoms with E-state index in [9.17, 15) is 9.59 Å². The summed E-state index contributed by atoms with van der Waals surface area (Å²) < 4.78 is 0. The first kappa shape index (κ1) is 13.0. The molecule has 90 valence electrons. The lowest BCUT2D eigenvalue weighted by Gasteiger charge is -2.10. The van der Waals surface area contributed by atoms with Crippen LogP contribution in [0.2, 0.25) is 0 Å². The highest BCUT2D eigenvalue weighted by molar-refractivity contribution is 5.98. The van der Waals surface area contributed by atoms with Gasteiger partial charge in [-0.25, -0.2) is 4.79 Å². The molecule has 0 radical (unpaired) electrons. The van der Waals surface area contributed by atoms with Gasteiger partial charge in [0.15, 0.2) is 0 Å². The summed E-state index contributed by atoms with van der Waals surface area (Å²) in [6.07, 6.45) is 1.66. The standard InChI is InChI=1S/C13H14O4/c1-2-10(12(14)15)11(13(16)17)8-9-6-4-3-5-7-9/h3-8,10H,2H2,1H3,(H,14,15)(H,16,17). The van der Waals surface area contributed by atoms with Gasteiger partial charge in [0.1, 0.15) is 0 Å². The van der Waals surface area contributed by atoms with Crippen molar-refractivity contribution in [1.29, 1.82) is 0 Å². The summed E-state index contributed by atoms with van der Waals surface area (Å²) in [4.78, 5) is 22.0. The molecule has 17 heavy (non-hydrogen) atoms. The molecule has 0 aliphatic rings. The maximum absolute atomic E-state index is 11.1. The van der Waals surface area contributed by atoms with Gasteiger partial charge in [-0.1, -0.05) is 37.3 Å². The molecule has 4 nitrogen and oxygen atoms in total. The minimum atomic E-state index is -1.19. The Morgan fingerprint density at radius 3 is 2.24 bits per heavy atom. The summed E-state index contributed by atoms with van der Waals surface area (Å²) in [5.41, 5.74) is 0.593. The summed E-state index contributed by atoms with van der Waals surface area (Å²) >= 11 is 0. The summed E-state index contributed by atoms with van der Waals surface area (Å²) in [5, 5.41) is 18.0. The van der Waals surface area contributed by atoms with Crippen molar-refractivity contribution in [3.05, 3.63) is 41.5 Å². The van der Waals surface area contributed by atoms with Crippen LogP contribution < -0.4 is 0 Å². The van der Waals surface area contributed by atoms with Gasteiger partial charge in [0.05, 0.1) is 11.5 Å². The highest BCUT2D eigenvalue weighted by Gasteiger charge is 2.25. The first-order valence-electron chi connectivity index (χ1n) is 5.29. The van der Waals surface area contributed by atoms with Crippen LogP contribution in [0.25, 0.3) is 6.08 Å². The van der Waals surface area contributed by atoms with Gasteiger partial charge < -0.3 is 10.2 Å². The molecule has 0 bridgehead atoms. The highest BCUT2D eigenvalue weighted by Crippen LogP contribution is 2.19. The van der Waals surface area contributed by atoms with Crippen molar-refractivity contribution in [2.75, 3.05) is 0 Å². The lowest BCUT2D eigenvalue weighted by molar-refractivity contribution is -0.143. The molecule has 0 spiro atoms. The Hall–Kier alpha value is -2.10. The Labute approximate surface area is 99.2 Å². The number of carbonyl (C=O) groups is 2. The second kappa shape index (κ2) is 5.84. The molecule has 0 aliphatic carbocycles. The van der Waals surface area contributed by atoms with E-state index in [0.29, 0.717) is 5.56 Å². The maximum Gasteiger partial charge on any atom is 0.332 e. The van der Waals surface area contributed by atoms with E-state index < -0.39 is 17.9 Å². The third-order valence-electron chi connectivity index (χ3n) is 2.45. The molecule has 0 aromatic heterocycles. The van der Waals surface area contributed by atoms with E-state index in [4.69, 9.17) is 10.2 Å². The molecule has 1 unspecified atom stereocenters. The third kappa shape index (κ3) is 3.45. The van der Waals surface area contributed by atoms with Gasteiger partial charge in [-0.05, 0) is 18.1 Å². The quantitative estimate of drug-likeness (QED) is 0.766. The molecule has 0 fully saturated rings. The molecule has 1 rings (SSSR count). The van der Waals surface area contributed by atoms with E-state index >= 15 is 0 Å². The van der Waals surface area contributed by atoms with Crippen LogP contribution in [0.15, 0.2) is 35.9 Å². The summed E-state index contributed by atoms with van der Waals surface area (Å²) in [6, 6.07) is 8.82. The minimum absolute atomic E-state index is 0.0915. The van der Waals surface area contributed by atoms with E-state index in [-0.39, 0.29) is 12.0 Å². The van der Waals surface area contributed by atoms with Crippen LogP contribution in [0.5, 0.6) is 0 Å². The lowest BCUT2D eigenvalue weighted by atomic mass is 9.94. The fourth-order valence-electron chi connectivity index (χ4n) is 1.57. The maximum atomic E-state index is 11.1. The average molecular weight is 234 g/mol. The van der Waals surface area contributed by atoms with Gasteiger partial charge in [0, 0.05) is 0 Å². The zero-order chi connectivity index (χ0) is 12.8. The van der Waals surface area contributed by atoms with E-state index in [1.165, 1.54) is 6.08 Å². The topological polar surface area (TPSA) is 74.6 Å². The molecule has 1 atom stereocenters. The van der Waals surface area contributed by atoms with Crippen molar-refractivity contribution in [1.82, 2.24) is 0 Å². The highest BCUT2D eigenvalue weighted by atomic mass is 16.4. The van der Waals surface area contributed by atoms with Crippen LogP contribution in [0.1, 0.15) is 18.9 Å². The van der Waals surface area contributed by atoms with Crippen molar-refractivity contribution >= 4 is 18.0 Å². The predicted octanol–water partition coefficient (Wildman–Crippen LogP) is 2.27. The zero-order valence-electron chi connectivity index (χ0n) is 9.46. The molecular weight excluding hydrogens is 220 g/mol. The smallest absolute Gasteiger partial charge is 0.332 e. The SMILES string of the molecule is CCC(C(=O)O)C(=Cc1ccccc1)C(=O)O. The van der Waals surface area contributed by atoms with Gasteiger partial charge in [-0.15, -0.1) is 0 Å². The summed E-state index contributed by atoms with van der Waals surface area (Å²) in [7, 11) is 0. The second-order valence-electron chi connectivity index (χ2n) is 3.61. The number of aliphatic carboxylic acids is 2. The number of hydrogen-bond donors (Lipinski definition) is 2. The normalized spacial score (nSPS) is 13.1. The molecule has 0 saturated heterocycles. The van der Waals surface area contributed by atoms with Crippen molar-refractivity contribution in [2.24, 2.45) is 5.92 Å². The fraction of sp³-hybridized carbons (Fsp3) is 0.231. The Kier molecular flexibility index (Phi) is 4.46. The van der Waals surface area contributed by atoms with Gasteiger partial charge in [-0.2, -0.15) is 0 Å². The molecule has 1 aromatic carbocycles. The van der Waals surface area contributed by atoms with Gasteiger partial charge >= 0.3 is 11.9 Å². The molecule has 0 aliphatic heterocycles. The Morgan fingerprint density at radius 1 is 1.24 bits per heavy atom. The van der Waals surface area contributed by atoms with E-state index in [1.54, 1.807) is 31.2 Å². The fourth-order valence-corrected chi connectivity index (χ4v) is 1.57. The number of carboxylic acids is 2. The molecule has 4 heteroatoms. The van der Waals surface area contributed by atoms with Crippen LogP contribution in [0, 0.1) is 5.92 Å². The van der Waals surface area contributed by atoms with Crippen molar-refractivity contribution < 1.29 is 19.8 Å². The largest absolute Gasteiger partial charge is 0.481 e. The van der Waals surface area contributed by atoms with E-state index in [1.807, 2.05) is 6.07 Å². The molecular formula is C13H14O4. The van der Waals surface area contributed by atoms with Crippen LogP contribution in [-0.2, 0) is 9.59 Å². The monoisotopic (exact) mass is 234 g/mol. The van der Waals surface area contributed by atoms with Crippen molar-refractivity contribution in [2.45, 2.75) is 13.3 Å². The number of rotatable bonds is 5. The van der Waals surface area contributed by atoms with Crippen LogP contribution >= 0.6 is 0 Å². The molecule has 0 amide bonds. The second-order valence-corrected chi connectivity index (χ2v) is 3.61. The lowest BCUT2D eigenvalue weighted by Crippen LogP contribution is -2.20. The van der Waals surface area contributed by atoms with Gasteiger partial charge in [-0.3, -0.25) is 4.79 Å². The Balaban J connectivity index is 3.13. The molecule has 0 heterocycles. The molecule has 2 N–H and O–H groups in total. The van der Waals surface area contributed by atoms with E-state index in [2.05, 4.69) is 0 Å². The zero-order valence-corrected chi connectivity index (χ0v) is 9.46. The minimum Gasteiger partial charge on any atom is -0.481 e. The number of benzene rings is 1. The van der Waals surface area contributed by atoms with Gasteiger partial charge in [0.25, 0.3) is 0 Å². The van der Waals surface area contributed by atoms with Gasteiger partial charge in [0.2, 0.25) is 0 Å². The average Bonchev–Trinajstić information content (AvgIpc) is 2.29. The van der Waals surface area contributed by atoms with Crippen molar-refractivity contribution in [3.8, 4) is 0 Å². The molecule has 1 aromatic rings. The number of carboxylic acid groups (broad SMARTS) is 2. The predicted molar refractivity (Wildman–Crippen MR) is 63.5 cm³/mol. The Bertz CT molecular complexity index is 434.